The minimum Gasteiger partial charge on any atom is -0.477 e. The second kappa shape index (κ2) is 70.3. The Labute approximate surface area is 558 Å². The minimum absolute atomic E-state index is 0.176. The van der Waals surface area contributed by atoms with Crippen LogP contribution in [-0.2, 0) is 33.3 Å². The predicted octanol–water partition coefficient (Wildman–Crippen LogP) is 22.8. The maximum absolute atomic E-state index is 13.0. The molecule has 1 N–H and O–H groups in total. The summed E-state index contributed by atoms with van der Waals surface area (Å²) in [6, 6.07) is 0. The van der Waals surface area contributed by atoms with Gasteiger partial charge in [-0.2, -0.15) is 0 Å². The number of aliphatic carboxylic acids is 1. The Morgan fingerprint density at radius 1 is 0.330 bits per heavy atom. The van der Waals surface area contributed by atoms with Crippen LogP contribution in [0.5, 0.6) is 0 Å². The lowest BCUT2D eigenvalue weighted by Crippen LogP contribution is -2.40. The Balaban J connectivity index is 4.18. The summed E-state index contributed by atoms with van der Waals surface area (Å²) in [5.74, 6) is -2.03. The number of nitrogens with zero attached hydrogens (tertiary/aromatic N) is 1. The van der Waals surface area contributed by atoms with Crippen molar-refractivity contribution in [2.75, 3.05) is 47.5 Å². The fraction of sp³-hybridized carbons (Fsp3) is 0.598. The van der Waals surface area contributed by atoms with Gasteiger partial charge in [-0.3, -0.25) is 9.59 Å². The van der Waals surface area contributed by atoms with E-state index in [2.05, 4.69) is 196 Å². The van der Waals surface area contributed by atoms with Crippen molar-refractivity contribution in [3.63, 3.8) is 0 Å². The van der Waals surface area contributed by atoms with Crippen LogP contribution in [0.15, 0.2) is 182 Å². The highest BCUT2D eigenvalue weighted by atomic mass is 16.7. The van der Waals surface area contributed by atoms with Crippen LogP contribution in [0.1, 0.15) is 258 Å². The van der Waals surface area contributed by atoms with Crippen molar-refractivity contribution in [1.29, 1.82) is 0 Å². The third-order valence-corrected chi connectivity index (χ3v) is 14.7. The van der Waals surface area contributed by atoms with E-state index in [0.29, 0.717) is 17.4 Å². The first kappa shape index (κ1) is 85.4. The average Bonchev–Trinajstić information content (AvgIpc) is 3.46. The van der Waals surface area contributed by atoms with Gasteiger partial charge in [0, 0.05) is 12.8 Å². The standard InChI is InChI=1S/C82H131NO8/c1-6-8-10-12-14-16-18-20-22-24-26-28-30-32-34-35-36-37-38-39-40-41-42-43-44-45-47-49-51-53-55-57-59-61-63-65-67-69-71-73-80(85)91-78(77-90-82(81(86)87)88-75-74-83(3,4)5)76-89-79(84)72-70-68-66-64-62-60-58-56-54-52-50-48-46-33-31-29-27-25-23-21-19-17-15-13-11-9-7-2/h8-11,14-17,20-23,26-29,32-34,36-37,39-40,42-43,45-47,50,52,78,82H,6-7,12-13,18-19,24-25,30-31,35,38,41,44,48-49,51,53-77H2,1-5H3/p+1/b10-8-,11-9-,16-14-,17-15-,22-20-,23-21-,28-26-,29-27-,34-32-,37-36-,40-39-,43-42-,46-33-,47-45-,52-50-. The molecule has 0 rings (SSSR count). The molecule has 0 aliphatic carbocycles. The normalized spacial score (nSPS) is 13.8. The zero-order valence-electron chi connectivity index (χ0n) is 58.4. The molecule has 0 radical (unpaired) electrons. The number of carbonyl (C=O) groups excluding carboxylic acids is 2. The summed E-state index contributed by atoms with van der Waals surface area (Å²) in [4.78, 5) is 37.7. The summed E-state index contributed by atoms with van der Waals surface area (Å²) >= 11 is 0. The number of hydrogen-bond acceptors (Lipinski definition) is 7. The number of carbonyl (C=O) groups is 3. The van der Waals surface area contributed by atoms with E-state index in [9.17, 15) is 19.5 Å². The van der Waals surface area contributed by atoms with Crippen LogP contribution >= 0.6 is 0 Å². The number of hydrogen-bond donors (Lipinski definition) is 1. The zero-order chi connectivity index (χ0) is 66.1. The molecule has 2 unspecified atom stereocenters. The van der Waals surface area contributed by atoms with E-state index >= 15 is 0 Å². The summed E-state index contributed by atoms with van der Waals surface area (Å²) in [6.07, 6.45) is 104. The molecular formula is C82H132NO8+. The lowest BCUT2D eigenvalue weighted by Gasteiger charge is -2.25. The highest BCUT2D eigenvalue weighted by Crippen LogP contribution is 2.16. The maximum atomic E-state index is 13.0. The molecule has 0 aromatic carbocycles. The minimum atomic E-state index is -1.53. The summed E-state index contributed by atoms with van der Waals surface area (Å²) in [5, 5.41) is 9.75. The fourth-order valence-electron chi connectivity index (χ4n) is 9.25. The zero-order valence-corrected chi connectivity index (χ0v) is 58.4. The third-order valence-electron chi connectivity index (χ3n) is 14.7. The molecule has 512 valence electrons. The van der Waals surface area contributed by atoms with Gasteiger partial charge in [0.15, 0.2) is 6.10 Å². The number of rotatable bonds is 64. The molecule has 0 aromatic heterocycles. The van der Waals surface area contributed by atoms with Gasteiger partial charge in [0.1, 0.15) is 13.2 Å². The van der Waals surface area contributed by atoms with Crippen LogP contribution in [0.4, 0.5) is 0 Å². The molecular weight excluding hydrogens is 1130 g/mol. The number of ether oxygens (including phenoxy) is 4. The van der Waals surface area contributed by atoms with Gasteiger partial charge in [0.2, 0.25) is 0 Å². The van der Waals surface area contributed by atoms with Crippen LogP contribution in [0.25, 0.3) is 0 Å². The monoisotopic (exact) mass is 1260 g/mol. The number of carboxylic acid groups (broad SMARTS) is 1. The van der Waals surface area contributed by atoms with E-state index < -0.39 is 24.3 Å². The van der Waals surface area contributed by atoms with Gasteiger partial charge in [0.05, 0.1) is 34.4 Å². The van der Waals surface area contributed by atoms with E-state index in [1.807, 2.05) is 21.1 Å². The summed E-state index contributed by atoms with van der Waals surface area (Å²) < 4.78 is 23.0. The Morgan fingerprint density at radius 3 is 0.879 bits per heavy atom. The van der Waals surface area contributed by atoms with Crippen LogP contribution in [0.2, 0.25) is 0 Å². The Bertz CT molecular complexity index is 2150. The lowest BCUT2D eigenvalue weighted by atomic mass is 10.0. The summed E-state index contributed by atoms with van der Waals surface area (Å²) in [7, 11) is 5.96. The molecule has 9 nitrogen and oxygen atoms in total. The van der Waals surface area contributed by atoms with Crippen molar-refractivity contribution < 1.29 is 42.9 Å². The second-order valence-electron chi connectivity index (χ2n) is 24.4. The molecule has 0 heterocycles. The number of unbranched alkanes of at least 4 members (excludes halogenated alkanes) is 19. The van der Waals surface area contributed by atoms with Gasteiger partial charge in [-0.05, 0) is 135 Å². The number of allylic oxidation sites excluding steroid dienone is 30. The van der Waals surface area contributed by atoms with Crippen LogP contribution < -0.4 is 0 Å². The average molecular weight is 1260 g/mol. The van der Waals surface area contributed by atoms with E-state index in [4.69, 9.17) is 18.9 Å². The first-order valence-corrected chi connectivity index (χ1v) is 35.9. The maximum Gasteiger partial charge on any atom is 0.361 e. The number of quaternary nitrogens is 1. The van der Waals surface area contributed by atoms with Crippen LogP contribution in [0, 0.1) is 0 Å². The first-order valence-electron chi connectivity index (χ1n) is 35.9. The van der Waals surface area contributed by atoms with Crippen molar-refractivity contribution >= 4 is 17.9 Å². The summed E-state index contributed by atoms with van der Waals surface area (Å²) in [5.41, 5.74) is 0. The van der Waals surface area contributed by atoms with E-state index in [1.165, 1.54) is 70.6 Å². The van der Waals surface area contributed by atoms with Gasteiger partial charge in [-0.1, -0.05) is 292 Å². The van der Waals surface area contributed by atoms with Gasteiger partial charge in [-0.15, -0.1) is 0 Å². The molecule has 0 saturated heterocycles. The largest absolute Gasteiger partial charge is 0.477 e. The SMILES string of the molecule is CC/C=C\C/C=C\C/C=C\C/C=C\C/C=C\C/C=C\C/C=C\C/C=C\C/C=C\CCCCCCCCCCCCCC(=O)OC(COC(=O)CCCCCCCCCC/C=C\C/C=C\C/C=C\C/C=C\C/C=C\C/C=C\CC)COC(OCC[N+](C)(C)C)C(=O)O. The smallest absolute Gasteiger partial charge is 0.361 e. The Hall–Kier alpha value is -5.61. The molecule has 0 aromatic rings. The van der Waals surface area contributed by atoms with Crippen LogP contribution in [-0.4, -0.2) is 87.4 Å². The molecule has 0 saturated carbocycles. The number of likely N-dealkylation sites (N-methyl/N-ethyl adjacent to an activating group) is 1. The topological polar surface area (TPSA) is 108 Å². The number of carboxylic acids is 1. The van der Waals surface area contributed by atoms with Gasteiger partial charge in [-0.25, -0.2) is 4.79 Å². The van der Waals surface area contributed by atoms with Gasteiger partial charge in [0.25, 0.3) is 6.29 Å². The molecule has 0 amide bonds. The molecule has 0 fully saturated rings. The fourth-order valence-corrected chi connectivity index (χ4v) is 9.25. The van der Waals surface area contributed by atoms with Crippen molar-refractivity contribution in [3.05, 3.63) is 182 Å². The predicted molar refractivity (Wildman–Crippen MR) is 391 cm³/mol. The molecule has 0 aliphatic rings. The van der Waals surface area contributed by atoms with Gasteiger partial charge >= 0.3 is 17.9 Å². The van der Waals surface area contributed by atoms with E-state index in [1.54, 1.807) is 0 Å². The highest BCUT2D eigenvalue weighted by molar-refractivity contribution is 5.71. The van der Waals surface area contributed by atoms with Crippen molar-refractivity contribution in [2.24, 2.45) is 0 Å². The Kier molecular flexibility index (Phi) is 65.9. The van der Waals surface area contributed by atoms with E-state index in [0.717, 1.165) is 154 Å². The quantitative estimate of drug-likeness (QED) is 0.0211. The van der Waals surface area contributed by atoms with Crippen molar-refractivity contribution in [1.82, 2.24) is 0 Å². The molecule has 0 aliphatic heterocycles. The molecule has 91 heavy (non-hydrogen) atoms. The molecule has 2 atom stereocenters. The third kappa shape index (κ3) is 71.7. The second-order valence-corrected chi connectivity index (χ2v) is 24.4. The molecule has 9 heteroatoms. The summed E-state index contributed by atoms with van der Waals surface area (Å²) in [6.45, 7) is 4.62. The Morgan fingerprint density at radius 2 is 0.593 bits per heavy atom. The first-order chi connectivity index (χ1) is 44.6. The number of esters is 2. The van der Waals surface area contributed by atoms with Crippen LogP contribution in [0.3, 0.4) is 0 Å². The van der Waals surface area contributed by atoms with Crippen molar-refractivity contribution in [3.8, 4) is 0 Å². The van der Waals surface area contributed by atoms with E-state index in [-0.39, 0.29) is 38.6 Å². The lowest BCUT2D eigenvalue weighted by molar-refractivity contribution is -0.870. The molecule has 0 bridgehead atoms. The van der Waals surface area contributed by atoms with Crippen molar-refractivity contribution in [2.45, 2.75) is 270 Å². The highest BCUT2D eigenvalue weighted by Gasteiger charge is 2.25. The van der Waals surface area contributed by atoms with Gasteiger partial charge < -0.3 is 28.5 Å². The molecule has 0 spiro atoms.